The van der Waals surface area contributed by atoms with Crippen LogP contribution in [-0.4, -0.2) is 19.9 Å². The van der Waals surface area contributed by atoms with Gasteiger partial charge in [-0.3, -0.25) is 0 Å². The molecule has 0 atom stereocenters. The van der Waals surface area contributed by atoms with Crippen molar-refractivity contribution in [1.29, 1.82) is 0 Å². The number of halogens is 2. The molecule has 1 N–H and O–H groups in total. The Bertz CT molecular complexity index is 657. The van der Waals surface area contributed by atoms with E-state index in [-0.39, 0.29) is 15.1 Å². The molecule has 4 nitrogen and oxygen atoms in total. The molecule has 8 heteroatoms. The van der Waals surface area contributed by atoms with E-state index in [9.17, 15) is 8.42 Å². The summed E-state index contributed by atoms with van der Waals surface area (Å²) in [6, 6.07) is 5.17. The second-order valence-corrected chi connectivity index (χ2v) is 7.24. The third-order valence-electron chi connectivity index (χ3n) is 2.33. The van der Waals surface area contributed by atoms with Gasteiger partial charge in [-0.1, -0.05) is 29.3 Å². The van der Waals surface area contributed by atoms with E-state index in [4.69, 9.17) is 23.2 Å². The number of sulfonamides is 1. The normalized spacial score (nSPS) is 11.7. The van der Waals surface area contributed by atoms with Crippen molar-refractivity contribution in [3.8, 4) is 0 Å². The van der Waals surface area contributed by atoms with Crippen molar-refractivity contribution in [2.45, 2.75) is 11.3 Å². The van der Waals surface area contributed by atoms with Crippen LogP contribution in [0.3, 0.4) is 0 Å². The topological polar surface area (TPSA) is 59.1 Å². The fourth-order valence-electron chi connectivity index (χ4n) is 1.40. The van der Waals surface area contributed by atoms with Crippen LogP contribution in [0.1, 0.15) is 4.88 Å². The van der Waals surface area contributed by atoms with E-state index in [1.165, 1.54) is 12.3 Å². The van der Waals surface area contributed by atoms with Gasteiger partial charge in [-0.15, -0.1) is 11.3 Å². The van der Waals surface area contributed by atoms with Gasteiger partial charge in [0.25, 0.3) is 0 Å². The zero-order valence-corrected chi connectivity index (χ0v) is 12.8. The lowest BCUT2D eigenvalue weighted by atomic mass is 10.3. The number of nitrogens with zero attached hydrogens (tertiary/aromatic N) is 1. The van der Waals surface area contributed by atoms with Crippen molar-refractivity contribution >= 4 is 44.6 Å². The molecule has 0 aliphatic rings. The second kappa shape index (κ2) is 6.19. The van der Waals surface area contributed by atoms with Crippen molar-refractivity contribution in [1.82, 2.24) is 9.71 Å². The first-order valence-electron chi connectivity index (χ1n) is 5.32. The number of nitrogens with one attached hydrogen (secondary N) is 1. The molecule has 0 aromatic carbocycles. The highest BCUT2D eigenvalue weighted by atomic mass is 35.5. The van der Waals surface area contributed by atoms with Crippen LogP contribution in [-0.2, 0) is 16.4 Å². The third kappa shape index (κ3) is 3.90. The lowest BCUT2D eigenvalue weighted by Gasteiger charge is -2.06. The van der Waals surface area contributed by atoms with Crippen LogP contribution in [0.4, 0.5) is 0 Å². The molecule has 0 bridgehead atoms. The summed E-state index contributed by atoms with van der Waals surface area (Å²) in [5.41, 5.74) is 0. The molecule has 0 fully saturated rings. The van der Waals surface area contributed by atoms with Gasteiger partial charge in [0.2, 0.25) is 10.0 Å². The molecule has 2 aromatic heterocycles. The van der Waals surface area contributed by atoms with Crippen LogP contribution in [0.5, 0.6) is 0 Å². The van der Waals surface area contributed by atoms with Crippen LogP contribution in [0.2, 0.25) is 10.2 Å². The zero-order chi connectivity index (χ0) is 13.9. The highest BCUT2D eigenvalue weighted by Gasteiger charge is 2.15. The average Bonchev–Trinajstić information content (AvgIpc) is 2.85. The Labute approximate surface area is 125 Å². The summed E-state index contributed by atoms with van der Waals surface area (Å²) in [5, 5.41) is 2.15. The van der Waals surface area contributed by atoms with Gasteiger partial charge in [-0.25, -0.2) is 18.1 Å². The molecule has 102 valence electrons. The monoisotopic (exact) mass is 336 g/mol. The van der Waals surface area contributed by atoms with Crippen LogP contribution in [0.25, 0.3) is 0 Å². The van der Waals surface area contributed by atoms with Gasteiger partial charge >= 0.3 is 0 Å². The molecule has 2 heterocycles. The number of aromatic nitrogens is 1. The molecule has 0 amide bonds. The zero-order valence-electron chi connectivity index (χ0n) is 9.64. The quantitative estimate of drug-likeness (QED) is 0.854. The Kier molecular flexibility index (Phi) is 4.81. The summed E-state index contributed by atoms with van der Waals surface area (Å²) in [4.78, 5) is 4.85. The minimum atomic E-state index is -3.60. The molecule has 19 heavy (non-hydrogen) atoms. The van der Waals surface area contributed by atoms with Crippen LogP contribution in [0, 0.1) is 0 Å². The van der Waals surface area contributed by atoms with Gasteiger partial charge in [0.1, 0.15) is 10.0 Å². The van der Waals surface area contributed by atoms with E-state index in [2.05, 4.69) is 9.71 Å². The average molecular weight is 337 g/mol. The summed E-state index contributed by atoms with van der Waals surface area (Å²) in [6.07, 6.45) is 1.83. The molecule has 0 saturated heterocycles. The Balaban J connectivity index is 2.03. The maximum absolute atomic E-state index is 12.0. The summed E-state index contributed by atoms with van der Waals surface area (Å²) in [5.74, 6) is 0. The number of pyridine rings is 1. The van der Waals surface area contributed by atoms with Crippen molar-refractivity contribution in [2.75, 3.05) is 6.54 Å². The molecule has 0 spiro atoms. The van der Waals surface area contributed by atoms with Crippen molar-refractivity contribution in [3.05, 3.63) is 44.8 Å². The van der Waals surface area contributed by atoms with Gasteiger partial charge in [0, 0.05) is 17.6 Å². The second-order valence-electron chi connectivity index (χ2n) is 3.67. The Morgan fingerprint density at radius 1 is 1.37 bits per heavy atom. The van der Waals surface area contributed by atoms with Gasteiger partial charge in [0.15, 0.2) is 0 Å². The number of rotatable bonds is 5. The van der Waals surface area contributed by atoms with Crippen LogP contribution < -0.4 is 4.72 Å². The van der Waals surface area contributed by atoms with E-state index in [1.54, 1.807) is 11.3 Å². The Hall–Kier alpha value is -0.660. The lowest BCUT2D eigenvalue weighted by molar-refractivity contribution is 0.581. The summed E-state index contributed by atoms with van der Waals surface area (Å²) in [7, 11) is -3.60. The molecule has 2 rings (SSSR count). The number of thiophene rings is 1. The van der Waals surface area contributed by atoms with Gasteiger partial charge in [-0.05, 0) is 23.9 Å². The molecule has 0 radical (unpaired) electrons. The standard InChI is InChI=1S/C11H10Cl2N2O2S2/c12-10-6-9(7-14-11(10)13)19(16,17)15-4-3-8-2-1-5-18-8/h1-2,5-7,15H,3-4H2. The molecule has 0 aliphatic heterocycles. The van der Waals surface area contributed by atoms with Crippen LogP contribution in [0.15, 0.2) is 34.7 Å². The highest BCUT2D eigenvalue weighted by molar-refractivity contribution is 7.89. The van der Waals surface area contributed by atoms with Crippen LogP contribution >= 0.6 is 34.5 Å². The summed E-state index contributed by atoms with van der Waals surface area (Å²) in [6.45, 7) is 0.323. The Morgan fingerprint density at radius 2 is 2.16 bits per heavy atom. The third-order valence-corrected chi connectivity index (χ3v) is 5.38. The smallest absolute Gasteiger partial charge is 0.242 e. The maximum atomic E-state index is 12.0. The van der Waals surface area contributed by atoms with Gasteiger partial charge in [0.05, 0.1) is 5.02 Å². The van der Waals surface area contributed by atoms with Crippen molar-refractivity contribution < 1.29 is 8.42 Å². The molecule has 0 saturated carbocycles. The molecular formula is C11H10Cl2N2O2S2. The minimum absolute atomic E-state index is 0.00748. The first kappa shape index (κ1) is 14.7. The fraction of sp³-hybridized carbons (Fsp3) is 0.182. The first-order valence-corrected chi connectivity index (χ1v) is 8.44. The largest absolute Gasteiger partial charge is 0.242 e. The highest BCUT2D eigenvalue weighted by Crippen LogP contribution is 2.22. The molecular weight excluding hydrogens is 327 g/mol. The fourth-order valence-corrected chi connectivity index (χ4v) is 3.44. The van der Waals surface area contributed by atoms with Crippen molar-refractivity contribution in [2.24, 2.45) is 0 Å². The lowest BCUT2D eigenvalue weighted by Crippen LogP contribution is -2.26. The van der Waals surface area contributed by atoms with Gasteiger partial charge in [-0.2, -0.15) is 0 Å². The summed E-state index contributed by atoms with van der Waals surface area (Å²) < 4.78 is 26.4. The number of hydrogen-bond acceptors (Lipinski definition) is 4. The summed E-state index contributed by atoms with van der Waals surface area (Å²) >= 11 is 13.0. The molecule has 0 unspecified atom stereocenters. The predicted molar refractivity (Wildman–Crippen MR) is 77.5 cm³/mol. The first-order chi connectivity index (χ1) is 8.99. The Morgan fingerprint density at radius 3 is 2.79 bits per heavy atom. The molecule has 0 aliphatic carbocycles. The van der Waals surface area contributed by atoms with E-state index in [0.29, 0.717) is 13.0 Å². The van der Waals surface area contributed by atoms with E-state index < -0.39 is 10.0 Å². The SMILES string of the molecule is O=S(=O)(NCCc1cccs1)c1cnc(Cl)c(Cl)c1. The molecule has 2 aromatic rings. The van der Waals surface area contributed by atoms with E-state index >= 15 is 0 Å². The number of hydrogen-bond donors (Lipinski definition) is 1. The van der Waals surface area contributed by atoms with Gasteiger partial charge < -0.3 is 0 Å². The minimum Gasteiger partial charge on any atom is -0.242 e. The predicted octanol–water partition coefficient (Wildman–Crippen LogP) is 2.97. The van der Waals surface area contributed by atoms with E-state index in [0.717, 1.165) is 4.88 Å². The van der Waals surface area contributed by atoms with E-state index in [1.807, 2.05) is 17.5 Å². The maximum Gasteiger partial charge on any atom is 0.242 e. The van der Waals surface area contributed by atoms with Crippen molar-refractivity contribution in [3.63, 3.8) is 0 Å².